The summed E-state index contributed by atoms with van der Waals surface area (Å²) in [4.78, 5) is 185. The summed E-state index contributed by atoms with van der Waals surface area (Å²) in [6, 6.07) is 6.55. The molecule has 0 radical (unpaired) electrons. The Bertz CT molecular complexity index is 3550. The molecule has 3 fully saturated rings. The number of fused-ring (bicyclic) bond motifs is 2. The van der Waals surface area contributed by atoms with Gasteiger partial charge in [-0.2, -0.15) is 5.48 Å². The molecule has 20 N–H and O–H groups in total. The van der Waals surface area contributed by atoms with Crippen LogP contribution in [0.25, 0.3) is 10.9 Å². The lowest BCUT2D eigenvalue weighted by Crippen LogP contribution is -2.60. The first kappa shape index (κ1) is 77.1. The molecule has 1 aromatic heterocycles. The minimum absolute atomic E-state index is 0.00369. The van der Waals surface area contributed by atoms with Gasteiger partial charge in [0, 0.05) is 88.7 Å². The summed E-state index contributed by atoms with van der Waals surface area (Å²) in [5, 5.41) is 64.0. The van der Waals surface area contributed by atoms with Gasteiger partial charge in [-0.05, 0) is 79.8 Å². The fourth-order valence-corrected chi connectivity index (χ4v) is 12.2. The van der Waals surface area contributed by atoms with Crippen LogP contribution in [0, 0.1) is 0 Å². The van der Waals surface area contributed by atoms with Crippen LogP contribution in [0.1, 0.15) is 108 Å². The molecule has 33 nitrogen and oxygen atoms in total. The zero-order valence-electron chi connectivity index (χ0n) is 55.8. The molecule has 7 rings (SSSR count). The highest BCUT2D eigenvalue weighted by Crippen LogP contribution is 2.25. The van der Waals surface area contributed by atoms with Gasteiger partial charge in [-0.3, -0.25) is 62.5 Å². The second-order valence-electron chi connectivity index (χ2n) is 25.2. The highest BCUT2D eigenvalue weighted by atomic mass is 16.7. The number of carbonyl (C=O) groups is 12. The predicted octanol–water partition coefficient (Wildman–Crippen LogP) is -3.54. The number of likely N-dealkylation sites (tertiary alicyclic amines) is 1. The maximum atomic E-state index is 15.2. The van der Waals surface area contributed by atoms with Crippen LogP contribution >= 0.6 is 0 Å². The van der Waals surface area contributed by atoms with Crippen molar-refractivity contribution in [2.24, 2.45) is 22.2 Å². The average molecular weight is 1390 g/mol. The van der Waals surface area contributed by atoms with Gasteiger partial charge < -0.3 is 99.8 Å². The maximum absolute atomic E-state index is 15.2. The number of amides is 11. The summed E-state index contributed by atoms with van der Waals surface area (Å²) in [5.74, 6) is -11.1. The Hall–Kier alpha value is -10.3. The normalized spacial score (nSPS) is 23.3. The Balaban J connectivity index is 1.18. The van der Waals surface area contributed by atoms with Gasteiger partial charge in [-0.25, -0.2) is 0 Å². The molecular weight excluding hydrogens is 1300 g/mol. The number of primary amides is 1. The number of rotatable bonds is 23. The van der Waals surface area contributed by atoms with Crippen LogP contribution in [-0.2, 0) is 81.6 Å². The number of para-hydroxylation sites is 1. The maximum Gasteiger partial charge on any atom is 0.324 e. The zero-order valence-corrected chi connectivity index (χ0v) is 55.8. The van der Waals surface area contributed by atoms with E-state index in [9.17, 15) is 73.2 Å². The van der Waals surface area contributed by atoms with E-state index in [1.807, 2.05) is 18.2 Å². The van der Waals surface area contributed by atoms with Crippen molar-refractivity contribution < 1.29 is 82.8 Å². The molecule has 0 bridgehead atoms. The molecule has 12 atom stereocenters. The van der Waals surface area contributed by atoms with Crippen molar-refractivity contribution in [2.45, 2.75) is 183 Å². The Morgan fingerprint density at radius 1 is 0.710 bits per heavy atom. The van der Waals surface area contributed by atoms with Crippen molar-refractivity contribution in [3.8, 4) is 5.75 Å². The molecule has 0 saturated carbocycles. The van der Waals surface area contributed by atoms with Crippen LogP contribution in [0.3, 0.4) is 0 Å². The number of hydrogen-bond donors (Lipinski definition) is 17. The number of hydrogen-bond acceptors (Lipinski definition) is 19. The molecule has 3 saturated heterocycles. The standard InChI is InChI=1S/C67H92N16O17/c1-3-4-16-47(77-63(96)54-31-43(88)35-83(54)66(99)52(29-39-20-22-41(86)23-21-39)81-62(95)53(36-84)74-37(2)85)58(91)78-49-24-25-56(89)100-73-27-11-10-18-46(57(68)90)75-61(94)51(30-40-33-72-45-17-9-8-15-44(40)45)79-59(92)48(19-12-26-71-67(69)70)76-60(93)50(28-38-13-6-5-7-14-38)80-64(97)55-32-42(87)34-82(55)65(49)98/h5-9,13-15,17,20-23,33,42-43,46-55,72-73,84,86-88H,3-4,10-12,16,18-19,24-32,34-36H2,1-2H3,(H2,68,90)(H,74,85)(H,75,94)(H,76,93)(H,77,96)(H,78,91)(H,79,92)(H,80,97)(H,81,95)(H4,69,70,71)/t42?,43?,46-,47-,48-,49-,50+,51-,52-,53+,54-,55-/m0/s1. The fraction of sp³-hybridized carbons (Fsp3) is 0.507. The molecule has 100 heavy (non-hydrogen) atoms. The van der Waals surface area contributed by atoms with Crippen LogP contribution in [0.4, 0.5) is 0 Å². The third-order valence-corrected chi connectivity index (χ3v) is 17.4. The van der Waals surface area contributed by atoms with Crippen molar-refractivity contribution in [2.75, 3.05) is 32.8 Å². The summed E-state index contributed by atoms with van der Waals surface area (Å²) in [7, 11) is 0. The molecule has 4 aromatic rings. The van der Waals surface area contributed by atoms with Crippen LogP contribution in [-0.4, -0.2) is 218 Å². The Morgan fingerprint density at radius 3 is 2.08 bits per heavy atom. The minimum atomic E-state index is -1.70. The third-order valence-electron chi connectivity index (χ3n) is 17.4. The first-order valence-corrected chi connectivity index (χ1v) is 33.4. The molecule has 33 heteroatoms. The van der Waals surface area contributed by atoms with Crippen LogP contribution < -0.4 is 65.2 Å². The van der Waals surface area contributed by atoms with Crippen molar-refractivity contribution in [3.63, 3.8) is 0 Å². The molecule has 542 valence electrons. The number of aromatic hydroxyl groups is 1. The van der Waals surface area contributed by atoms with E-state index in [0.29, 0.717) is 29.5 Å². The molecular formula is C67H92N16O17. The number of phenolic OH excluding ortho intramolecular Hbond substituents is 1. The quantitative estimate of drug-likeness (QED) is 0.0194. The second kappa shape index (κ2) is 37.6. The van der Waals surface area contributed by atoms with E-state index in [-0.39, 0.29) is 95.4 Å². The number of nitrogens with zero attached hydrogens (tertiary/aromatic N) is 3. The SMILES string of the molecule is CCCC[C@H](NC(=O)[C@@H]1CC(O)CN1C(=O)[C@H](Cc1ccc(O)cc1)NC(=O)[C@@H](CO)NC(C)=O)C(=O)N[C@H]1CCC(=O)ONCCCC[C@@H](C(N)=O)NC(=O)[C@H](Cc2c[nH]c3ccccc23)NC(=O)[C@H](CCCN=C(N)N)NC(=O)[C@@H](Cc2ccccc2)NC(=O)[C@@H]2CC(O)CN2C1=O. The lowest BCUT2D eigenvalue weighted by Gasteiger charge is -2.32. The first-order valence-electron chi connectivity index (χ1n) is 33.4. The number of aliphatic hydroxyl groups excluding tert-OH is 3. The number of nitrogens with two attached hydrogens (primary N) is 3. The van der Waals surface area contributed by atoms with Gasteiger partial charge in [0.15, 0.2) is 5.96 Å². The Labute approximate surface area is 576 Å². The summed E-state index contributed by atoms with van der Waals surface area (Å²) < 4.78 is 0. The molecule has 0 spiro atoms. The van der Waals surface area contributed by atoms with E-state index >= 15 is 4.79 Å². The van der Waals surface area contributed by atoms with Crippen molar-refractivity contribution in [1.82, 2.24) is 62.8 Å². The number of aliphatic imine (C=N–C) groups is 1. The van der Waals surface area contributed by atoms with Crippen molar-refractivity contribution in [1.29, 1.82) is 0 Å². The first-order chi connectivity index (χ1) is 47.8. The van der Waals surface area contributed by atoms with E-state index in [1.165, 1.54) is 24.3 Å². The van der Waals surface area contributed by atoms with E-state index < -0.39 is 176 Å². The number of unbranched alkanes of at least 4 members (excludes halogenated alkanes) is 1. The molecule has 3 aromatic carbocycles. The molecule has 3 aliphatic rings. The van der Waals surface area contributed by atoms with Gasteiger partial charge in [0.2, 0.25) is 65.0 Å². The zero-order chi connectivity index (χ0) is 72.6. The third kappa shape index (κ3) is 22.6. The van der Waals surface area contributed by atoms with Crippen molar-refractivity contribution in [3.05, 3.63) is 102 Å². The number of guanidine groups is 1. The lowest BCUT2D eigenvalue weighted by molar-refractivity contribution is -0.152. The number of H-pyrrole nitrogens is 1. The second-order valence-corrected chi connectivity index (χ2v) is 25.2. The summed E-state index contributed by atoms with van der Waals surface area (Å²) in [6.45, 7) is 1.17. The van der Waals surface area contributed by atoms with Gasteiger partial charge in [0.25, 0.3) is 0 Å². The molecule has 0 aliphatic carbocycles. The van der Waals surface area contributed by atoms with E-state index in [4.69, 9.17) is 22.0 Å². The Kier molecular flexibility index (Phi) is 29.0. The van der Waals surface area contributed by atoms with Gasteiger partial charge in [0.1, 0.15) is 66.2 Å². The highest BCUT2D eigenvalue weighted by molar-refractivity contribution is 6.00. The predicted molar refractivity (Wildman–Crippen MR) is 360 cm³/mol. The van der Waals surface area contributed by atoms with Gasteiger partial charge in [-0.15, -0.1) is 0 Å². The van der Waals surface area contributed by atoms with E-state index in [2.05, 4.69) is 58.0 Å². The summed E-state index contributed by atoms with van der Waals surface area (Å²) in [5.41, 5.74) is 21.9. The number of benzene rings is 3. The minimum Gasteiger partial charge on any atom is -0.508 e. The number of nitrogens with one attached hydrogen (secondary N) is 10. The van der Waals surface area contributed by atoms with E-state index in [1.54, 1.807) is 49.5 Å². The molecule has 2 unspecified atom stereocenters. The number of carbonyl (C=O) groups excluding carboxylic acids is 12. The molecule has 4 heterocycles. The number of aromatic amines is 1. The smallest absolute Gasteiger partial charge is 0.324 e. The van der Waals surface area contributed by atoms with Crippen LogP contribution in [0.5, 0.6) is 5.75 Å². The van der Waals surface area contributed by atoms with Crippen LogP contribution in [0.2, 0.25) is 0 Å². The Morgan fingerprint density at radius 2 is 1.38 bits per heavy atom. The summed E-state index contributed by atoms with van der Waals surface area (Å²) in [6.07, 6.45) is -2.15. The van der Waals surface area contributed by atoms with E-state index in [0.717, 1.165) is 27.6 Å². The number of β-amino-alcohol motifs (C(OH)–C–C–N with tert-alkyl or cyclic N) is 1. The lowest BCUT2D eigenvalue weighted by atomic mass is 10.0. The monoisotopic (exact) mass is 1390 g/mol. The van der Waals surface area contributed by atoms with Crippen molar-refractivity contribution >= 4 is 87.8 Å². The number of hydroxylamine groups is 1. The topological polar surface area (TPSA) is 516 Å². The summed E-state index contributed by atoms with van der Waals surface area (Å²) >= 11 is 0. The number of aromatic nitrogens is 1. The molecule has 3 aliphatic heterocycles. The fourth-order valence-electron chi connectivity index (χ4n) is 12.2. The van der Waals surface area contributed by atoms with Gasteiger partial charge >= 0.3 is 5.97 Å². The largest absolute Gasteiger partial charge is 0.508 e. The number of phenols is 1. The number of aliphatic hydroxyl groups is 3. The van der Waals surface area contributed by atoms with Gasteiger partial charge in [0.05, 0.1) is 18.8 Å². The van der Waals surface area contributed by atoms with Crippen LogP contribution in [0.15, 0.2) is 90.1 Å². The average Bonchev–Trinajstić information content (AvgIpc) is 1.63. The molecule has 11 amide bonds. The highest BCUT2D eigenvalue weighted by Gasteiger charge is 2.46. The van der Waals surface area contributed by atoms with Gasteiger partial charge in [-0.1, -0.05) is 80.4 Å².